The topological polar surface area (TPSA) is 70.4 Å². The summed E-state index contributed by atoms with van der Waals surface area (Å²) >= 11 is 0. The van der Waals surface area contributed by atoms with Crippen LogP contribution in [0.4, 0.5) is 11.5 Å². The highest BCUT2D eigenvalue weighted by molar-refractivity contribution is 5.93. The number of aromatic nitrogens is 4. The molecule has 5 rings (SSSR count). The van der Waals surface area contributed by atoms with Gasteiger partial charge in [0.15, 0.2) is 0 Å². The van der Waals surface area contributed by atoms with Gasteiger partial charge < -0.3 is 4.90 Å². The van der Waals surface area contributed by atoms with Gasteiger partial charge in [-0.15, -0.1) is 10.2 Å². The quantitative estimate of drug-likeness (QED) is 0.595. The van der Waals surface area contributed by atoms with Crippen molar-refractivity contribution in [1.82, 2.24) is 30.4 Å². The average Bonchev–Trinajstić information content (AvgIpc) is 3.39. The number of hydrazine groups is 1. The molecule has 0 aliphatic carbocycles. The van der Waals surface area contributed by atoms with E-state index in [-0.39, 0.29) is 0 Å². The molecule has 1 atom stereocenters. The van der Waals surface area contributed by atoms with Crippen LogP contribution in [-0.4, -0.2) is 33.2 Å². The number of rotatable bonds is 3. The fourth-order valence-electron chi connectivity index (χ4n) is 3.55. The molecule has 4 aromatic rings. The molecule has 7 nitrogen and oxygen atoms in total. The van der Waals surface area contributed by atoms with E-state index in [1.165, 1.54) is 5.56 Å². The highest BCUT2D eigenvalue weighted by Gasteiger charge is 2.19. The molecule has 0 bridgehead atoms. The SMILES string of the molecule is CN(c1ccccc1)c1nc2nncn2c2cc(C3CCNN3)ccc12. The molecule has 7 heteroatoms. The molecule has 26 heavy (non-hydrogen) atoms. The number of para-hydroxylation sites is 1. The van der Waals surface area contributed by atoms with Gasteiger partial charge in [0.05, 0.1) is 5.52 Å². The van der Waals surface area contributed by atoms with Gasteiger partial charge in [-0.25, -0.2) is 0 Å². The lowest BCUT2D eigenvalue weighted by Crippen LogP contribution is -2.24. The fraction of sp³-hybridized carbons (Fsp3) is 0.211. The molecule has 1 fully saturated rings. The van der Waals surface area contributed by atoms with Gasteiger partial charge in [0.1, 0.15) is 12.1 Å². The monoisotopic (exact) mass is 345 g/mol. The number of nitrogens with one attached hydrogen (secondary N) is 2. The number of fused-ring (bicyclic) bond motifs is 3. The summed E-state index contributed by atoms with van der Waals surface area (Å²) in [5, 5.41) is 9.30. The van der Waals surface area contributed by atoms with Crippen molar-refractivity contribution in [3.8, 4) is 0 Å². The second-order valence-corrected chi connectivity index (χ2v) is 6.52. The lowest BCUT2D eigenvalue weighted by Gasteiger charge is -2.21. The molecular weight excluding hydrogens is 326 g/mol. The summed E-state index contributed by atoms with van der Waals surface area (Å²) < 4.78 is 1.95. The zero-order chi connectivity index (χ0) is 17.5. The molecule has 0 amide bonds. The molecule has 3 heterocycles. The molecular formula is C19H19N7. The molecule has 130 valence electrons. The lowest BCUT2D eigenvalue weighted by atomic mass is 10.0. The van der Waals surface area contributed by atoms with Crippen molar-refractivity contribution in [2.75, 3.05) is 18.5 Å². The number of benzene rings is 2. The van der Waals surface area contributed by atoms with Crippen LogP contribution in [0.1, 0.15) is 18.0 Å². The fourth-order valence-corrected chi connectivity index (χ4v) is 3.55. The number of hydrogen-bond donors (Lipinski definition) is 2. The van der Waals surface area contributed by atoms with Crippen molar-refractivity contribution in [3.05, 3.63) is 60.4 Å². The summed E-state index contributed by atoms with van der Waals surface area (Å²) in [6, 6.07) is 17.1. The third-order valence-electron chi connectivity index (χ3n) is 4.96. The maximum absolute atomic E-state index is 4.75. The van der Waals surface area contributed by atoms with Gasteiger partial charge in [-0.2, -0.15) is 4.98 Å². The second-order valence-electron chi connectivity index (χ2n) is 6.52. The average molecular weight is 345 g/mol. The maximum Gasteiger partial charge on any atom is 0.257 e. The Kier molecular flexibility index (Phi) is 3.55. The van der Waals surface area contributed by atoms with Crippen molar-refractivity contribution in [2.24, 2.45) is 0 Å². The first-order chi connectivity index (χ1) is 12.8. The molecule has 0 spiro atoms. The summed E-state index contributed by atoms with van der Waals surface area (Å²) in [7, 11) is 2.03. The van der Waals surface area contributed by atoms with Gasteiger partial charge >= 0.3 is 0 Å². The van der Waals surface area contributed by atoms with E-state index in [2.05, 4.69) is 56.3 Å². The van der Waals surface area contributed by atoms with E-state index in [9.17, 15) is 0 Å². The highest BCUT2D eigenvalue weighted by atomic mass is 15.4. The Balaban J connectivity index is 1.72. The predicted octanol–water partition coefficient (Wildman–Crippen LogP) is 2.58. The Morgan fingerprint density at radius 3 is 2.85 bits per heavy atom. The van der Waals surface area contributed by atoms with Crippen LogP contribution in [-0.2, 0) is 0 Å². The van der Waals surface area contributed by atoms with Gasteiger partial charge in [0.25, 0.3) is 5.78 Å². The lowest BCUT2D eigenvalue weighted by molar-refractivity contribution is 0.581. The summed E-state index contributed by atoms with van der Waals surface area (Å²) in [5.74, 6) is 1.47. The van der Waals surface area contributed by atoms with Crippen molar-refractivity contribution in [1.29, 1.82) is 0 Å². The molecule has 1 unspecified atom stereocenters. The Bertz CT molecular complexity index is 1070. The molecule has 2 N–H and O–H groups in total. The van der Waals surface area contributed by atoms with E-state index in [4.69, 9.17) is 4.98 Å². The summed E-state index contributed by atoms with van der Waals surface area (Å²) in [5.41, 5.74) is 9.91. The van der Waals surface area contributed by atoms with Crippen molar-refractivity contribution in [3.63, 3.8) is 0 Å². The summed E-state index contributed by atoms with van der Waals surface area (Å²) in [6.45, 7) is 0.975. The zero-order valence-electron chi connectivity index (χ0n) is 14.4. The normalized spacial score (nSPS) is 17.2. The van der Waals surface area contributed by atoms with E-state index in [0.717, 1.165) is 35.4 Å². The van der Waals surface area contributed by atoms with Gasteiger partial charge in [-0.05, 0) is 36.2 Å². The smallest absolute Gasteiger partial charge is 0.257 e. The first-order valence-corrected chi connectivity index (χ1v) is 8.72. The Morgan fingerprint density at radius 2 is 2.04 bits per heavy atom. The second kappa shape index (κ2) is 6.05. The predicted molar refractivity (Wildman–Crippen MR) is 101 cm³/mol. The van der Waals surface area contributed by atoms with E-state index < -0.39 is 0 Å². The van der Waals surface area contributed by atoms with Gasteiger partial charge in [0.2, 0.25) is 0 Å². The molecule has 1 saturated heterocycles. The molecule has 0 radical (unpaired) electrons. The number of hydrogen-bond acceptors (Lipinski definition) is 6. The minimum absolute atomic E-state index is 0.314. The van der Waals surface area contributed by atoms with Crippen LogP contribution in [0, 0.1) is 0 Å². The van der Waals surface area contributed by atoms with E-state index in [0.29, 0.717) is 11.8 Å². The molecule has 0 saturated carbocycles. The van der Waals surface area contributed by atoms with E-state index >= 15 is 0 Å². The van der Waals surface area contributed by atoms with Gasteiger partial charge in [0, 0.05) is 30.7 Å². The van der Waals surface area contributed by atoms with Crippen molar-refractivity contribution in [2.45, 2.75) is 12.5 Å². The third-order valence-corrected chi connectivity index (χ3v) is 4.96. The molecule has 1 aliphatic heterocycles. The number of anilines is 2. The van der Waals surface area contributed by atoms with E-state index in [1.54, 1.807) is 6.33 Å². The molecule has 1 aliphatic rings. The first-order valence-electron chi connectivity index (χ1n) is 8.72. The number of nitrogens with zero attached hydrogens (tertiary/aromatic N) is 5. The Morgan fingerprint density at radius 1 is 1.15 bits per heavy atom. The standard InChI is InChI=1S/C19H19N7/c1-25(14-5-3-2-4-6-14)18-15-8-7-13(16-9-10-20-23-16)11-17(15)26-12-21-24-19(26)22-18/h2-8,11-12,16,20,23H,9-10H2,1H3. The molecule has 2 aromatic heterocycles. The largest absolute Gasteiger partial charge is 0.329 e. The summed E-state index contributed by atoms with van der Waals surface area (Å²) in [6.07, 6.45) is 2.79. The van der Waals surface area contributed by atoms with Crippen LogP contribution in [0.15, 0.2) is 54.9 Å². The van der Waals surface area contributed by atoms with Crippen LogP contribution in [0.5, 0.6) is 0 Å². The molecule has 2 aromatic carbocycles. The van der Waals surface area contributed by atoms with Crippen molar-refractivity contribution < 1.29 is 0 Å². The van der Waals surface area contributed by atoms with Gasteiger partial charge in [-0.1, -0.05) is 24.3 Å². The first kappa shape index (κ1) is 15.2. The van der Waals surface area contributed by atoms with Crippen LogP contribution in [0.2, 0.25) is 0 Å². The van der Waals surface area contributed by atoms with Crippen LogP contribution >= 0.6 is 0 Å². The van der Waals surface area contributed by atoms with Crippen LogP contribution in [0.25, 0.3) is 16.7 Å². The van der Waals surface area contributed by atoms with E-state index in [1.807, 2.05) is 29.6 Å². The summed E-state index contributed by atoms with van der Waals surface area (Å²) in [4.78, 5) is 6.84. The van der Waals surface area contributed by atoms with Crippen LogP contribution < -0.4 is 15.8 Å². The third kappa shape index (κ3) is 2.40. The zero-order valence-corrected chi connectivity index (χ0v) is 14.4. The minimum Gasteiger partial charge on any atom is -0.329 e. The van der Waals surface area contributed by atoms with Crippen molar-refractivity contribution >= 4 is 28.2 Å². The maximum atomic E-state index is 4.75. The Labute approximate surface area is 150 Å². The minimum atomic E-state index is 0.314. The van der Waals surface area contributed by atoms with Gasteiger partial charge in [-0.3, -0.25) is 15.3 Å². The highest BCUT2D eigenvalue weighted by Crippen LogP contribution is 2.32. The van der Waals surface area contributed by atoms with Crippen LogP contribution in [0.3, 0.4) is 0 Å². The Hall–Kier alpha value is -3.03.